The van der Waals surface area contributed by atoms with Crippen LogP contribution in [-0.2, 0) is 13.1 Å². The van der Waals surface area contributed by atoms with E-state index in [9.17, 15) is 13.6 Å². The Balaban J connectivity index is 2.17. The largest absolute Gasteiger partial charge is 0.476 e. The van der Waals surface area contributed by atoms with E-state index in [0.717, 1.165) is 6.07 Å². The summed E-state index contributed by atoms with van der Waals surface area (Å²) in [5, 5.41) is 15.7. The van der Waals surface area contributed by atoms with E-state index in [2.05, 4.69) is 10.4 Å². The second-order valence-electron chi connectivity index (χ2n) is 4.18. The molecule has 0 saturated carbocycles. The van der Waals surface area contributed by atoms with Crippen LogP contribution >= 0.6 is 0 Å². The van der Waals surface area contributed by atoms with Crippen molar-refractivity contribution in [1.82, 2.24) is 9.78 Å². The van der Waals surface area contributed by atoms with Gasteiger partial charge in [0.15, 0.2) is 5.69 Å². The van der Waals surface area contributed by atoms with E-state index in [1.54, 1.807) is 6.20 Å². The summed E-state index contributed by atoms with van der Waals surface area (Å²) in [5.74, 6) is -2.51. The van der Waals surface area contributed by atoms with E-state index >= 15 is 0 Å². The Morgan fingerprint density at radius 2 is 2.00 bits per heavy atom. The summed E-state index contributed by atoms with van der Waals surface area (Å²) in [5.41, 5.74) is 0.566. The van der Waals surface area contributed by atoms with Crippen LogP contribution in [0.5, 0.6) is 0 Å². The van der Waals surface area contributed by atoms with Gasteiger partial charge in [-0.1, -0.05) is 0 Å². The summed E-state index contributed by atoms with van der Waals surface area (Å²) >= 11 is 0. The van der Waals surface area contributed by atoms with Crippen LogP contribution in [0.3, 0.4) is 0 Å². The molecule has 1 aromatic heterocycles. The van der Waals surface area contributed by atoms with Gasteiger partial charge in [-0.05, 0) is 24.6 Å². The van der Waals surface area contributed by atoms with Crippen molar-refractivity contribution in [3.63, 3.8) is 0 Å². The van der Waals surface area contributed by atoms with Crippen LogP contribution in [0.15, 0.2) is 24.4 Å². The van der Waals surface area contributed by atoms with E-state index in [4.69, 9.17) is 5.11 Å². The lowest BCUT2D eigenvalue weighted by atomic mass is 10.2. The van der Waals surface area contributed by atoms with E-state index in [1.807, 2.05) is 6.92 Å². The number of aromatic carboxylic acids is 1. The van der Waals surface area contributed by atoms with Crippen molar-refractivity contribution >= 4 is 11.7 Å². The van der Waals surface area contributed by atoms with Crippen molar-refractivity contribution in [3.8, 4) is 0 Å². The highest BCUT2D eigenvalue weighted by molar-refractivity contribution is 5.91. The topological polar surface area (TPSA) is 67.2 Å². The molecule has 2 N–H and O–H groups in total. The van der Waals surface area contributed by atoms with Gasteiger partial charge in [-0.2, -0.15) is 5.10 Å². The molecule has 0 aliphatic heterocycles. The Labute approximate surface area is 113 Å². The molecule has 0 saturated heterocycles. The Bertz CT molecular complexity index is 620. The lowest BCUT2D eigenvalue weighted by Gasteiger charge is -2.05. The van der Waals surface area contributed by atoms with Gasteiger partial charge in [0.2, 0.25) is 0 Å². The van der Waals surface area contributed by atoms with E-state index in [0.29, 0.717) is 17.8 Å². The maximum atomic E-state index is 13.0. The number of benzene rings is 1. The normalized spacial score (nSPS) is 10.6. The lowest BCUT2D eigenvalue weighted by molar-refractivity contribution is 0.0690. The number of nitrogens with one attached hydrogen (secondary N) is 1. The predicted molar refractivity (Wildman–Crippen MR) is 68.5 cm³/mol. The molecule has 20 heavy (non-hydrogen) atoms. The number of halogens is 2. The third-order valence-corrected chi connectivity index (χ3v) is 2.69. The Morgan fingerprint density at radius 1 is 1.35 bits per heavy atom. The van der Waals surface area contributed by atoms with Gasteiger partial charge in [-0.15, -0.1) is 0 Å². The quantitative estimate of drug-likeness (QED) is 0.883. The van der Waals surface area contributed by atoms with Gasteiger partial charge < -0.3 is 10.4 Å². The van der Waals surface area contributed by atoms with E-state index in [-0.39, 0.29) is 12.2 Å². The third-order valence-electron chi connectivity index (χ3n) is 2.69. The average Bonchev–Trinajstić information content (AvgIpc) is 2.78. The number of carboxylic acid groups (broad SMARTS) is 1. The number of hydrogen-bond donors (Lipinski definition) is 2. The molecule has 0 aliphatic rings. The number of carbonyl (C=O) groups is 1. The zero-order valence-electron chi connectivity index (χ0n) is 10.7. The molecule has 7 heteroatoms. The molecule has 0 aliphatic carbocycles. The second kappa shape index (κ2) is 5.68. The van der Waals surface area contributed by atoms with Crippen LogP contribution in [0.25, 0.3) is 0 Å². The summed E-state index contributed by atoms with van der Waals surface area (Å²) in [6, 6.07) is 3.14. The first kappa shape index (κ1) is 14.0. The van der Waals surface area contributed by atoms with Crippen molar-refractivity contribution in [1.29, 1.82) is 0 Å². The molecule has 0 bridgehead atoms. The van der Waals surface area contributed by atoms with Crippen LogP contribution in [0.4, 0.5) is 14.5 Å². The molecule has 0 amide bonds. The van der Waals surface area contributed by atoms with Crippen LogP contribution in [0.2, 0.25) is 0 Å². The van der Waals surface area contributed by atoms with Gasteiger partial charge in [0.25, 0.3) is 0 Å². The molecule has 5 nitrogen and oxygen atoms in total. The zero-order valence-corrected chi connectivity index (χ0v) is 10.7. The molecule has 1 heterocycles. The average molecular weight is 281 g/mol. The van der Waals surface area contributed by atoms with Crippen LogP contribution in [0, 0.1) is 11.6 Å². The number of aromatic nitrogens is 2. The van der Waals surface area contributed by atoms with E-state index in [1.165, 1.54) is 16.8 Å². The van der Waals surface area contributed by atoms with Gasteiger partial charge >= 0.3 is 5.97 Å². The highest BCUT2D eigenvalue weighted by atomic mass is 19.1. The highest BCUT2D eigenvalue weighted by Crippen LogP contribution is 2.16. The number of rotatable bonds is 5. The molecule has 1 aromatic carbocycles. The summed E-state index contributed by atoms with van der Waals surface area (Å²) in [7, 11) is 0. The van der Waals surface area contributed by atoms with E-state index < -0.39 is 17.6 Å². The molecule has 0 radical (unpaired) electrons. The zero-order chi connectivity index (χ0) is 14.7. The van der Waals surface area contributed by atoms with Gasteiger partial charge in [-0.25, -0.2) is 13.6 Å². The fourth-order valence-electron chi connectivity index (χ4n) is 1.78. The Hall–Kier alpha value is -2.44. The maximum absolute atomic E-state index is 13.0. The summed E-state index contributed by atoms with van der Waals surface area (Å²) in [6.07, 6.45) is 1.54. The molecular formula is C13H13F2N3O2. The summed E-state index contributed by atoms with van der Waals surface area (Å²) in [4.78, 5) is 11.0. The van der Waals surface area contributed by atoms with Crippen molar-refractivity contribution in [3.05, 3.63) is 47.3 Å². The van der Waals surface area contributed by atoms with Crippen molar-refractivity contribution in [2.45, 2.75) is 20.0 Å². The number of hydrogen-bond acceptors (Lipinski definition) is 3. The maximum Gasteiger partial charge on any atom is 0.358 e. The molecule has 0 spiro atoms. The molecule has 0 unspecified atom stereocenters. The van der Waals surface area contributed by atoms with Crippen molar-refractivity contribution < 1.29 is 18.7 Å². The van der Waals surface area contributed by atoms with Gasteiger partial charge in [0.05, 0.1) is 5.69 Å². The highest BCUT2D eigenvalue weighted by Gasteiger charge is 2.15. The molecule has 2 aromatic rings. The molecule has 2 rings (SSSR count). The molecule has 0 atom stereocenters. The van der Waals surface area contributed by atoms with Crippen molar-refractivity contribution in [2.75, 3.05) is 5.32 Å². The lowest BCUT2D eigenvalue weighted by Crippen LogP contribution is -2.06. The Kier molecular flexibility index (Phi) is 3.97. The number of anilines is 1. The van der Waals surface area contributed by atoms with Gasteiger partial charge in [0.1, 0.15) is 11.6 Å². The number of carboxylic acids is 1. The van der Waals surface area contributed by atoms with Gasteiger partial charge in [-0.3, -0.25) is 4.68 Å². The first-order chi connectivity index (χ1) is 9.49. The number of nitrogens with zero attached hydrogens (tertiary/aromatic N) is 2. The summed E-state index contributed by atoms with van der Waals surface area (Å²) < 4.78 is 27.6. The number of aryl methyl sites for hydroxylation is 1. The fraction of sp³-hybridized carbons (Fsp3) is 0.231. The minimum atomic E-state index is -1.16. The SMILES string of the molecule is CCn1cc(NCc2cc(F)cc(F)c2)c(C(=O)O)n1. The first-order valence-corrected chi connectivity index (χ1v) is 5.99. The first-order valence-electron chi connectivity index (χ1n) is 5.99. The fourth-order valence-corrected chi connectivity index (χ4v) is 1.78. The van der Waals surface area contributed by atoms with Crippen LogP contribution in [-0.4, -0.2) is 20.9 Å². The minimum absolute atomic E-state index is 0.102. The predicted octanol–water partition coefficient (Wildman–Crippen LogP) is 2.49. The smallest absolute Gasteiger partial charge is 0.358 e. The van der Waals surface area contributed by atoms with Crippen LogP contribution < -0.4 is 5.32 Å². The van der Waals surface area contributed by atoms with Crippen LogP contribution in [0.1, 0.15) is 23.0 Å². The molecule has 106 valence electrons. The summed E-state index contributed by atoms with van der Waals surface area (Å²) in [6.45, 7) is 2.45. The minimum Gasteiger partial charge on any atom is -0.476 e. The van der Waals surface area contributed by atoms with Crippen molar-refractivity contribution in [2.24, 2.45) is 0 Å². The molecular weight excluding hydrogens is 268 g/mol. The van der Waals surface area contributed by atoms with Gasteiger partial charge in [0, 0.05) is 25.4 Å². The second-order valence-corrected chi connectivity index (χ2v) is 4.18. The monoisotopic (exact) mass is 281 g/mol. The Morgan fingerprint density at radius 3 is 2.55 bits per heavy atom. The molecule has 0 fully saturated rings. The standard InChI is InChI=1S/C13H13F2N3O2/c1-2-18-7-11(12(17-18)13(19)20)16-6-8-3-9(14)5-10(15)4-8/h3-5,7,16H,2,6H2,1H3,(H,19,20). The third kappa shape index (κ3) is 3.11.